The van der Waals surface area contributed by atoms with Gasteiger partial charge >= 0.3 is 0 Å². The molecule has 25 heavy (non-hydrogen) atoms. The molecule has 5 heteroatoms. The first kappa shape index (κ1) is 18.5. The fourth-order valence-corrected chi connectivity index (χ4v) is 2.55. The molecule has 0 heterocycles. The van der Waals surface area contributed by atoms with E-state index in [-0.39, 0.29) is 17.7 Å². The number of nitrogens with one attached hydrogen (secondary N) is 3. The van der Waals surface area contributed by atoms with Crippen molar-refractivity contribution >= 4 is 34.6 Å². The van der Waals surface area contributed by atoms with Gasteiger partial charge in [0.05, 0.1) is 0 Å². The van der Waals surface area contributed by atoms with Gasteiger partial charge in [0.25, 0.3) is 0 Å². The van der Waals surface area contributed by atoms with E-state index in [2.05, 4.69) is 16.0 Å². The van der Waals surface area contributed by atoms with Crippen LogP contribution >= 0.6 is 0 Å². The van der Waals surface area contributed by atoms with Crippen LogP contribution in [0.25, 0.3) is 0 Å². The van der Waals surface area contributed by atoms with Crippen LogP contribution in [0.2, 0.25) is 0 Å². The van der Waals surface area contributed by atoms with E-state index < -0.39 is 0 Å². The van der Waals surface area contributed by atoms with Gasteiger partial charge in [0, 0.05) is 35.6 Å². The van der Waals surface area contributed by atoms with Crippen molar-refractivity contribution in [3.8, 4) is 0 Å². The molecule has 0 saturated carbocycles. The fourth-order valence-electron chi connectivity index (χ4n) is 2.55. The van der Waals surface area contributed by atoms with Crippen LogP contribution in [0.1, 0.15) is 33.6 Å². The van der Waals surface area contributed by atoms with E-state index in [0.29, 0.717) is 0 Å². The second kappa shape index (κ2) is 8.87. The summed E-state index contributed by atoms with van der Waals surface area (Å²) in [6.45, 7) is 5.53. The lowest BCUT2D eigenvalue weighted by molar-refractivity contribution is -0.120. The van der Waals surface area contributed by atoms with Crippen molar-refractivity contribution in [3.05, 3.63) is 48.5 Å². The van der Waals surface area contributed by atoms with Crippen LogP contribution in [0, 0.1) is 5.92 Å². The molecule has 2 rings (SSSR count). The van der Waals surface area contributed by atoms with Crippen molar-refractivity contribution in [1.29, 1.82) is 0 Å². The summed E-state index contributed by atoms with van der Waals surface area (Å²) in [6.07, 6.45) is 1.69. The van der Waals surface area contributed by atoms with E-state index in [4.69, 9.17) is 0 Å². The Kier molecular flexibility index (Phi) is 6.57. The highest BCUT2D eigenvalue weighted by atomic mass is 16.2. The number of benzene rings is 2. The minimum atomic E-state index is -0.0910. The number of amides is 2. The van der Waals surface area contributed by atoms with Crippen molar-refractivity contribution in [2.45, 2.75) is 33.6 Å². The van der Waals surface area contributed by atoms with Crippen molar-refractivity contribution < 1.29 is 9.59 Å². The van der Waals surface area contributed by atoms with Gasteiger partial charge < -0.3 is 16.0 Å². The van der Waals surface area contributed by atoms with E-state index in [0.717, 1.165) is 35.6 Å². The number of carbonyl (C=O) groups is 2. The van der Waals surface area contributed by atoms with Gasteiger partial charge in [-0.1, -0.05) is 13.8 Å². The number of carbonyl (C=O) groups excluding carboxylic acids is 2. The van der Waals surface area contributed by atoms with E-state index in [1.807, 2.05) is 62.4 Å². The summed E-state index contributed by atoms with van der Waals surface area (Å²) in [5.41, 5.74) is 3.40. The monoisotopic (exact) mass is 339 g/mol. The second-order valence-corrected chi connectivity index (χ2v) is 5.96. The molecule has 0 radical (unpaired) electrons. The molecule has 5 nitrogen and oxygen atoms in total. The summed E-state index contributed by atoms with van der Waals surface area (Å²) < 4.78 is 0. The largest absolute Gasteiger partial charge is 0.356 e. The molecule has 0 aromatic heterocycles. The molecule has 0 bridgehead atoms. The number of hydrogen-bond acceptors (Lipinski definition) is 3. The van der Waals surface area contributed by atoms with Gasteiger partial charge in [-0.25, -0.2) is 0 Å². The Balaban J connectivity index is 1.96. The molecule has 0 aliphatic heterocycles. The summed E-state index contributed by atoms with van der Waals surface area (Å²) in [5.74, 6) is 0.0333. The second-order valence-electron chi connectivity index (χ2n) is 5.96. The molecule has 3 N–H and O–H groups in total. The fraction of sp³-hybridized carbons (Fsp3) is 0.300. The Morgan fingerprint density at radius 1 is 0.760 bits per heavy atom. The number of hydrogen-bond donors (Lipinski definition) is 3. The molecule has 132 valence electrons. The molecule has 0 saturated heterocycles. The molecule has 0 aliphatic rings. The lowest BCUT2D eigenvalue weighted by atomic mass is 10.0. The Morgan fingerprint density at radius 2 is 1.16 bits per heavy atom. The first-order valence-corrected chi connectivity index (χ1v) is 8.57. The third-order valence-corrected chi connectivity index (χ3v) is 4.00. The topological polar surface area (TPSA) is 70.2 Å². The summed E-state index contributed by atoms with van der Waals surface area (Å²) >= 11 is 0. The average Bonchev–Trinajstić information content (AvgIpc) is 2.59. The van der Waals surface area contributed by atoms with Crippen LogP contribution in [-0.2, 0) is 9.59 Å². The Morgan fingerprint density at radius 3 is 1.56 bits per heavy atom. The number of rotatable bonds is 7. The van der Waals surface area contributed by atoms with Gasteiger partial charge in [-0.2, -0.15) is 0 Å². The minimum absolute atomic E-state index is 0.0555. The average molecular weight is 339 g/mol. The van der Waals surface area contributed by atoms with Gasteiger partial charge in [-0.15, -0.1) is 0 Å². The van der Waals surface area contributed by atoms with Crippen LogP contribution in [0.5, 0.6) is 0 Å². The quantitative estimate of drug-likeness (QED) is 0.681. The molecule has 2 aromatic rings. The predicted molar refractivity (Wildman–Crippen MR) is 103 cm³/mol. The molecular formula is C20H25N3O2. The van der Waals surface area contributed by atoms with Gasteiger partial charge in [-0.05, 0) is 61.4 Å². The highest BCUT2D eigenvalue weighted by molar-refractivity contribution is 5.92. The molecule has 0 fully saturated rings. The first-order chi connectivity index (χ1) is 12.0. The van der Waals surface area contributed by atoms with Crippen molar-refractivity contribution in [3.63, 3.8) is 0 Å². The lowest BCUT2D eigenvalue weighted by Gasteiger charge is -2.13. The normalized spacial score (nSPS) is 10.4. The zero-order valence-corrected chi connectivity index (χ0v) is 14.9. The maximum Gasteiger partial charge on any atom is 0.227 e. The first-order valence-electron chi connectivity index (χ1n) is 8.57. The van der Waals surface area contributed by atoms with E-state index in [1.54, 1.807) is 0 Å². The van der Waals surface area contributed by atoms with Crippen LogP contribution in [0.15, 0.2) is 48.5 Å². The SMILES string of the molecule is CCC(CC)C(=O)Nc1ccc(Nc2ccc(NC(C)=O)cc2)cc1. The van der Waals surface area contributed by atoms with Crippen molar-refractivity contribution in [2.75, 3.05) is 16.0 Å². The lowest BCUT2D eigenvalue weighted by Crippen LogP contribution is -2.21. The Hall–Kier alpha value is -2.82. The van der Waals surface area contributed by atoms with Gasteiger partial charge in [0.1, 0.15) is 0 Å². The van der Waals surface area contributed by atoms with Gasteiger partial charge in [-0.3, -0.25) is 9.59 Å². The molecule has 2 aromatic carbocycles. The Bertz CT molecular complexity index is 705. The van der Waals surface area contributed by atoms with Crippen LogP contribution in [0.3, 0.4) is 0 Å². The molecule has 0 spiro atoms. The standard InChI is InChI=1S/C20H25N3O2/c1-4-15(5-2)20(25)23-19-12-10-18(11-13-19)22-17-8-6-16(7-9-17)21-14(3)24/h6-13,15,22H,4-5H2,1-3H3,(H,21,24)(H,23,25). The number of anilines is 4. The maximum absolute atomic E-state index is 12.1. The van der Waals surface area contributed by atoms with Gasteiger partial charge in [0.2, 0.25) is 11.8 Å². The third-order valence-electron chi connectivity index (χ3n) is 4.00. The highest BCUT2D eigenvalue weighted by Gasteiger charge is 2.13. The third kappa shape index (κ3) is 5.64. The minimum Gasteiger partial charge on any atom is -0.356 e. The van der Waals surface area contributed by atoms with E-state index >= 15 is 0 Å². The molecular weight excluding hydrogens is 314 g/mol. The van der Waals surface area contributed by atoms with Crippen LogP contribution in [0.4, 0.5) is 22.7 Å². The highest BCUT2D eigenvalue weighted by Crippen LogP contribution is 2.21. The van der Waals surface area contributed by atoms with Crippen LogP contribution in [-0.4, -0.2) is 11.8 Å². The summed E-state index contributed by atoms with van der Waals surface area (Å²) in [6, 6.07) is 15.1. The predicted octanol–water partition coefficient (Wildman–Crippen LogP) is 4.76. The molecule has 2 amide bonds. The van der Waals surface area contributed by atoms with Gasteiger partial charge in [0.15, 0.2) is 0 Å². The van der Waals surface area contributed by atoms with Crippen molar-refractivity contribution in [2.24, 2.45) is 5.92 Å². The summed E-state index contributed by atoms with van der Waals surface area (Å²) in [5, 5.41) is 8.97. The summed E-state index contributed by atoms with van der Waals surface area (Å²) in [7, 11) is 0. The molecule has 0 unspecified atom stereocenters. The van der Waals surface area contributed by atoms with Crippen LogP contribution < -0.4 is 16.0 Å². The Labute approximate surface area is 148 Å². The zero-order chi connectivity index (χ0) is 18.2. The smallest absolute Gasteiger partial charge is 0.227 e. The zero-order valence-electron chi connectivity index (χ0n) is 14.9. The summed E-state index contributed by atoms with van der Waals surface area (Å²) in [4.78, 5) is 23.1. The maximum atomic E-state index is 12.1. The van der Waals surface area contributed by atoms with E-state index in [9.17, 15) is 9.59 Å². The van der Waals surface area contributed by atoms with E-state index in [1.165, 1.54) is 6.92 Å². The molecule has 0 atom stereocenters. The van der Waals surface area contributed by atoms with Crippen molar-refractivity contribution in [1.82, 2.24) is 0 Å². The molecule has 0 aliphatic carbocycles.